The van der Waals surface area contributed by atoms with Gasteiger partial charge in [0.1, 0.15) is 5.69 Å². The summed E-state index contributed by atoms with van der Waals surface area (Å²) in [5.41, 5.74) is 0.634. The quantitative estimate of drug-likeness (QED) is 0.721. The van der Waals surface area contributed by atoms with Crippen molar-refractivity contribution in [2.75, 3.05) is 12.9 Å². The highest BCUT2D eigenvalue weighted by molar-refractivity contribution is 8.00. The van der Waals surface area contributed by atoms with Crippen molar-refractivity contribution in [3.05, 3.63) is 11.9 Å². The van der Waals surface area contributed by atoms with E-state index in [1.54, 1.807) is 29.8 Å². The van der Waals surface area contributed by atoms with Gasteiger partial charge in [-0.1, -0.05) is 19.8 Å². The van der Waals surface area contributed by atoms with Gasteiger partial charge in [-0.3, -0.25) is 9.48 Å². The molecule has 0 radical (unpaired) electrons. The van der Waals surface area contributed by atoms with Gasteiger partial charge in [0, 0.05) is 11.8 Å². The highest BCUT2D eigenvalue weighted by Gasteiger charge is 2.22. The first-order valence-electron chi connectivity index (χ1n) is 7.00. The Morgan fingerprint density at radius 1 is 1.53 bits per heavy atom. The van der Waals surface area contributed by atoms with Crippen molar-refractivity contribution < 1.29 is 9.53 Å². The maximum atomic E-state index is 12.4. The molecule has 0 amide bonds. The van der Waals surface area contributed by atoms with Gasteiger partial charge in [-0.25, -0.2) is 0 Å². The number of carbonyl (C=O) groups is 1. The van der Waals surface area contributed by atoms with Crippen LogP contribution in [0.5, 0.6) is 5.75 Å². The standard InChI is InChI=1S/C14H22N2O2S/c1-3-8-16-14(13(18-2)9-15-16)12(17)10-19-11-6-4-5-7-11/h9,11H,3-8,10H2,1-2H3. The van der Waals surface area contributed by atoms with E-state index in [-0.39, 0.29) is 5.78 Å². The summed E-state index contributed by atoms with van der Waals surface area (Å²) >= 11 is 1.79. The molecule has 1 aromatic rings. The largest absolute Gasteiger partial charge is 0.493 e. The van der Waals surface area contributed by atoms with Gasteiger partial charge in [-0.15, -0.1) is 0 Å². The van der Waals surface area contributed by atoms with Gasteiger partial charge in [0.2, 0.25) is 0 Å². The first-order valence-corrected chi connectivity index (χ1v) is 8.05. The SMILES string of the molecule is CCCn1ncc(OC)c1C(=O)CSC1CCCC1. The number of carbonyl (C=O) groups excluding carboxylic acids is 1. The zero-order valence-corrected chi connectivity index (χ0v) is 12.5. The second-order valence-electron chi connectivity index (χ2n) is 4.93. The molecule has 0 atom stereocenters. The lowest BCUT2D eigenvalue weighted by molar-refractivity contribution is 0.100. The van der Waals surface area contributed by atoms with Crippen molar-refractivity contribution in [2.45, 2.75) is 50.8 Å². The third kappa shape index (κ3) is 3.53. The summed E-state index contributed by atoms with van der Waals surface area (Å²) in [4.78, 5) is 12.4. The number of nitrogens with zero attached hydrogens (tertiary/aromatic N) is 2. The second kappa shape index (κ2) is 6.98. The van der Waals surface area contributed by atoms with Crippen LogP contribution in [0.15, 0.2) is 6.20 Å². The average Bonchev–Trinajstić information content (AvgIpc) is 3.05. The predicted molar refractivity (Wildman–Crippen MR) is 78.1 cm³/mol. The summed E-state index contributed by atoms with van der Waals surface area (Å²) in [5.74, 6) is 1.28. The maximum absolute atomic E-state index is 12.4. The summed E-state index contributed by atoms with van der Waals surface area (Å²) in [7, 11) is 1.59. The average molecular weight is 282 g/mol. The molecule has 0 aliphatic heterocycles. The Balaban J connectivity index is 2.01. The highest BCUT2D eigenvalue weighted by Crippen LogP contribution is 2.30. The van der Waals surface area contributed by atoms with E-state index in [4.69, 9.17) is 4.74 Å². The van der Waals surface area contributed by atoms with Gasteiger partial charge in [0.25, 0.3) is 0 Å². The second-order valence-corrected chi connectivity index (χ2v) is 6.21. The smallest absolute Gasteiger partial charge is 0.194 e. The van der Waals surface area contributed by atoms with Crippen LogP contribution in [0.3, 0.4) is 0 Å². The molecule has 4 nitrogen and oxygen atoms in total. The summed E-state index contributed by atoms with van der Waals surface area (Å²) in [6.45, 7) is 2.84. The lowest BCUT2D eigenvalue weighted by Crippen LogP contribution is -2.14. The third-order valence-electron chi connectivity index (χ3n) is 3.48. The van der Waals surface area contributed by atoms with Crippen molar-refractivity contribution >= 4 is 17.5 Å². The van der Waals surface area contributed by atoms with E-state index in [2.05, 4.69) is 12.0 Å². The molecular formula is C14H22N2O2S. The van der Waals surface area contributed by atoms with Crippen molar-refractivity contribution in [1.82, 2.24) is 9.78 Å². The van der Waals surface area contributed by atoms with E-state index < -0.39 is 0 Å². The lowest BCUT2D eigenvalue weighted by atomic mass is 10.3. The van der Waals surface area contributed by atoms with Crippen LogP contribution < -0.4 is 4.74 Å². The van der Waals surface area contributed by atoms with Crippen molar-refractivity contribution in [3.8, 4) is 5.75 Å². The molecule has 5 heteroatoms. The number of Topliss-reactive ketones (excluding diaryl/α,β-unsaturated/α-hetero) is 1. The third-order valence-corrected chi connectivity index (χ3v) is 4.85. The number of ketones is 1. The van der Waals surface area contributed by atoms with Crippen LogP contribution in [0.2, 0.25) is 0 Å². The van der Waals surface area contributed by atoms with Gasteiger partial charge in [0.15, 0.2) is 11.5 Å². The molecule has 1 aliphatic carbocycles. The minimum absolute atomic E-state index is 0.139. The van der Waals surface area contributed by atoms with E-state index in [0.717, 1.165) is 13.0 Å². The van der Waals surface area contributed by atoms with E-state index in [1.807, 2.05) is 0 Å². The maximum Gasteiger partial charge on any atom is 0.194 e. The Bertz CT molecular complexity index is 425. The van der Waals surface area contributed by atoms with E-state index in [1.165, 1.54) is 25.7 Å². The van der Waals surface area contributed by atoms with Crippen LogP contribution in [0.25, 0.3) is 0 Å². The van der Waals surface area contributed by atoms with Crippen molar-refractivity contribution in [1.29, 1.82) is 0 Å². The summed E-state index contributed by atoms with van der Waals surface area (Å²) in [6.07, 6.45) is 7.72. The molecule has 1 aromatic heterocycles. The zero-order valence-electron chi connectivity index (χ0n) is 11.7. The Morgan fingerprint density at radius 2 is 2.26 bits per heavy atom. The first-order chi connectivity index (χ1) is 9.26. The van der Waals surface area contributed by atoms with Gasteiger partial charge in [-0.2, -0.15) is 16.9 Å². The minimum atomic E-state index is 0.139. The number of aryl methyl sites for hydroxylation is 1. The number of methoxy groups -OCH3 is 1. The number of aromatic nitrogens is 2. The van der Waals surface area contributed by atoms with E-state index in [9.17, 15) is 4.79 Å². The van der Waals surface area contributed by atoms with Crippen LogP contribution in [0.4, 0.5) is 0 Å². The zero-order chi connectivity index (χ0) is 13.7. The summed E-state index contributed by atoms with van der Waals surface area (Å²) < 4.78 is 7.03. The molecular weight excluding hydrogens is 260 g/mol. The molecule has 0 N–H and O–H groups in total. The summed E-state index contributed by atoms with van der Waals surface area (Å²) in [5, 5.41) is 4.90. The van der Waals surface area contributed by atoms with Gasteiger partial charge in [0.05, 0.1) is 19.1 Å². The minimum Gasteiger partial charge on any atom is -0.493 e. The highest BCUT2D eigenvalue weighted by atomic mass is 32.2. The molecule has 0 aromatic carbocycles. The molecule has 19 heavy (non-hydrogen) atoms. The van der Waals surface area contributed by atoms with Gasteiger partial charge >= 0.3 is 0 Å². The molecule has 0 spiro atoms. The molecule has 0 bridgehead atoms. The van der Waals surface area contributed by atoms with Crippen LogP contribution in [-0.4, -0.2) is 33.7 Å². The fourth-order valence-corrected chi connectivity index (χ4v) is 3.69. The normalized spacial score (nSPS) is 15.9. The van der Waals surface area contributed by atoms with Gasteiger partial charge in [-0.05, 0) is 19.3 Å². The molecule has 1 fully saturated rings. The van der Waals surface area contributed by atoms with Gasteiger partial charge < -0.3 is 4.74 Å². The molecule has 1 aliphatic rings. The number of thioether (sulfide) groups is 1. The molecule has 0 unspecified atom stereocenters. The number of rotatable bonds is 7. The molecule has 0 saturated heterocycles. The molecule has 2 rings (SSSR count). The van der Waals surface area contributed by atoms with E-state index >= 15 is 0 Å². The fourth-order valence-electron chi connectivity index (χ4n) is 2.50. The number of hydrogen-bond donors (Lipinski definition) is 0. The van der Waals surface area contributed by atoms with Crippen molar-refractivity contribution in [2.24, 2.45) is 0 Å². The lowest BCUT2D eigenvalue weighted by Gasteiger charge is -2.10. The molecule has 1 saturated carbocycles. The van der Waals surface area contributed by atoms with Crippen molar-refractivity contribution in [3.63, 3.8) is 0 Å². The monoisotopic (exact) mass is 282 g/mol. The van der Waals surface area contributed by atoms with Crippen LogP contribution >= 0.6 is 11.8 Å². The number of ether oxygens (including phenoxy) is 1. The Morgan fingerprint density at radius 3 is 2.89 bits per heavy atom. The fraction of sp³-hybridized carbons (Fsp3) is 0.714. The Labute approximate surface area is 118 Å². The molecule has 1 heterocycles. The summed E-state index contributed by atoms with van der Waals surface area (Å²) in [6, 6.07) is 0. The topological polar surface area (TPSA) is 44.1 Å². The van der Waals surface area contributed by atoms with Crippen LogP contribution in [0, 0.1) is 0 Å². The molecule has 106 valence electrons. The Hall–Kier alpha value is -0.970. The van der Waals surface area contributed by atoms with Crippen LogP contribution in [-0.2, 0) is 6.54 Å². The van der Waals surface area contributed by atoms with E-state index in [0.29, 0.717) is 22.4 Å². The first kappa shape index (κ1) is 14.4. The number of hydrogen-bond acceptors (Lipinski definition) is 4. The predicted octanol–water partition coefficient (Wildman–Crippen LogP) is 3.16. The Kier molecular flexibility index (Phi) is 5.31. The van der Waals surface area contributed by atoms with Crippen LogP contribution in [0.1, 0.15) is 49.5 Å².